The van der Waals surface area contributed by atoms with E-state index in [1.54, 1.807) is 12.1 Å². The van der Waals surface area contributed by atoms with Crippen LogP contribution in [0.4, 0.5) is 11.6 Å². The van der Waals surface area contributed by atoms with Gasteiger partial charge in [-0.15, -0.1) is 0 Å². The molecule has 2 N–H and O–H groups in total. The quantitative estimate of drug-likeness (QED) is 0.758. The summed E-state index contributed by atoms with van der Waals surface area (Å²) >= 11 is 0. The zero-order valence-corrected chi connectivity index (χ0v) is 11.6. The van der Waals surface area contributed by atoms with Crippen LogP contribution in [0.25, 0.3) is 11.0 Å². The maximum atomic E-state index is 8.93. The van der Waals surface area contributed by atoms with Crippen molar-refractivity contribution >= 4 is 22.7 Å². The number of rotatable bonds is 2. The number of nitrogens with one attached hydrogen (secondary N) is 2. The van der Waals surface area contributed by atoms with Crippen LogP contribution in [0.1, 0.15) is 5.56 Å². The summed E-state index contributed by atoms with van der Waals surface area (Å²) in [6.45, 7) is 1.10. The average Bonchev–Trinajstić information content (AvgIpc) is 2.93. The Morgan fingerprint density at radius 2 is 1.95 bits per heavy atom. The van der Waals surface area contributed by atoms with E-state index in [1.165, 1.54) is 0 Å². The Hall–Kier alpha value is -3.20. The molecule has 6 nitrogen and oxygen atoms in total. The molecule has 22 heavy (non-hydrogen) atoms. The first-order valence-corrected chi connectivity index (χ1v) is 6.88. The molecule has 0 aliphatic carbocycles. The third-order valence-corrected chi connectivity index (χ3v) is 3.40. The summed E-state index contributed by atoms with van der Waals surface area (Å²) in [4.78, 5) is 7.68. The summed E-state index contributed by atoms with van der Waals surface area (Å²) in [5.41, 5.74) is 3.06. The Balaban J connectivity index is 1.69. The van der Waals surface area contributed by atoms with Gasteiger partial charge in [-0.25, -0.2) is 4.98 Å². The van der Waals surface area contributed by atoms with Gasteiger partial charge in [0.05, 0.1) is 22.7 Å². The minimum absolute atomic E-state index is 0.551. The van der Waals surface area contributed by atoms with Crippen LogP contribution >= 0.6 is 0 Å². The van der Waals surface area contributed by atoms with Gasteiger partial charge in [-0.05, 0) is 18.2 Å². The normalized spacial score (nSPS) is 12.9. The maximum Gasteiger partial charge on any atom is 0.205 e. The number of hydrogen-bond donors (Lipinski definition) is 2. The lowest BCUT2D eigenvalue weighted by molar-refractivity contribution is 0.172. The number of aromatic amines is 1. The fourth-order valence-electron chi connectivity index (χ4n) is 2.41. The fourth-order valence-corrected chi connectivity index (χ4v) is 2.41. The van der Waals surface area contributed by atoms with Crippen LogP contribution in [-0.4, -0.2) is 23.2 Å². The fraction of sp³-hybridized carbons (Fsp3) is 0.125. The van der Waals surface area contributed by atoms with Gasteiger partial charge in [0.25, 0.3) is 0 Å². The van der Waals surface area contributed by atoms with E-state index in [1.807, 2.05) is 24.3 Å². The molecule has 4 rings (SSSR count). The number of H-pyrrole nitrogens is 1. The second-order valence-electron chi connectivity index (χ2n) is 4.92. The highest BCUT2D eigenvalue weighted by Crippen LogP contribution is 2.34. The van der Waals surface area contributed by atoms with Crippen molar-refractivity contribution in [1.82, 2.24) is 9.97 Å². The van der Waals surface area contributed by atoms with E-state index in [9.17, 15) is 0 Å². The van der Waals surface area contributed by atoms with Gasteiger partial charge in [0.15, 0.2) is 11.5 Å². The Labute approximate surface area is 126 Å². The van der Waals surface area contributed by atoms with Gasteiger partial charge in [0.2, 0.25) is 5.95 Å². The van der Waals surface area contributed by atoms with E-state index >= 15 is 0 Å². The standard InChI is InChI=1S/C16H12N4O2/c17-9-10-2-1-3-11(6-10)18-16-19-12-7-14-15(8-13(12)20-16)22-5-4-21-14/h1-3,6-8H,4-5H2,(H2,18,19,20). The number of nitriles is 1. The summed E-state index contributed by atoms with van der Waals surface area (Å²) in [6.07, 6.45) is 0. The van der Waals surface area contributed by atoms with Gasteiger partial charge in [-0.2, -0.15) is 5.26 Å². The van der Waals surface area contributed by atoms with E-state index in [0.717, 1.165) is 22.5 Å². The molecule has 2 heterocycles. The number of anilines is 2. The third-order valence-electron chi connectivity index (χ3n) is 3.40. The number of imidazole rings is 1. The van der Waals surface area contributed by atoms with Crippen molar-refractivity contribution in [2.24, 2.45) is 0 Å². The molecule has 108 valence electrons. The van der Waals surface area contributed by atoms with Crippen LogP contribution in [0.2, 0.25) is 0 Å². The zero-order valence-electron chi connectivity index (χ0n) is 11.6. The number of nitrogens with zero attached hydrogens (tertiary/aromatic N) is 2. The molecule has 0 saturated heterocycles. The summed E-state index contributed by atoms with van der Waals surface area (Å²) in [6, 6.07) is 13.1. The van der Waals surface area contributed by atoms with Gasteiger partial charge in [0.1, 0.15) is 13.2 Å². The number of aromatic nitrogens is 2. The molecule has 0 spiro atoms. The van der Waals surface area contributed by atoms with Crippen LogP contribution < -0.4 is 14.8 Å². The Kier molecular flexibility index (Phi) is 2.83. The van der Waals surface area contributed by atoms with Crippen molar-refractivity contribution < 1.29 is 9.47 Å². The monoisotopic (exact) mass is 292 g/mol. The van der Waals surface area contributed by atoms with Gasteiger partial charge in [-0.1, -0.05) is 6.07 Å². The molecule has 0 bridgehead atoms. The average molecular weight is 292 g/mol. The van der Waals surface area contributed by atoms with Crippen molar-refractivity contribution in [2.45, 2.75) is 0 Å². The molecular weight excluding hydrogens is 280 g/mol. The van der Waals surface area contributed by atoms with E-state index < -0.39 is 0 Å². The maximum absolute atomic E-state index is 8.93. The first-order chi connectivity index (χ1) is 10.8. The topological polar surface area (TPSA) is 83.0 Å². The first kappa shape index (κ1) is 12.5. The number of fused-ring (bicyclic) bond motifs is 2. The second kappa shape index (κ2) is 4.97. The van der Waals surface area contributed by atoms with Crippen molar-refractivity contribution in [3.8, 4) is 17.6 Å². The number of ether oxygens (including phenoxy) is 2. The summed E-state index contributed by atoms with van der Waals surface area (Å²) < 4.78 is 11.1. The van der Waals surface area contributed by atoms with E-state index in [0.29, 0.717) is 30.5 Å². The predicted octanol–water partition coefficient (Wildman–Crippen LogP) is 2.95. The smallest absolute Gasteiger partial charge is 0.205 e. The van der Waals surface area contributed by atoms with Crippen LogP contribution in [0.5, 0.6) is 11.5 Å². The van der Waals surface area contributed by atoms with E-state index in [-0.39, 0.29) is 0 Å². The molecule has 0 saturated carbocycles. The molecule has 0 radical (unpaired) electrons. The first-order valence-electron chi connectivity index (χ1n) is 6.88. The molecule has 1 aliphatic heterocycles. The van der Waals surface area contributed by atoms with E-state index in [4.69, 9.17) is 14.7 Å². The van der Waals surface area contributed by atoms with Crippen LogP contribution in [0.3, 0.4) is 0 Å². The molecule has 3 aromatic rings. The molecule has 6 heteroatoms. The number of hydrogen-bond acceptors (Lipinski definition) is 5. The molecule has 1 aliphatic rings. The number of benzene rings is 2. The lowest BCUT2D eigenvalue weighted by Crippen LogP contribution is -2.15. The zero-order chi connectivity index (χ0) is 14.9. The van der Waals surface area contributed by atoms with Gasteiger partial charge in [-0.3, -0.25) is 0 Å². The highest BCUT2D eigenvalue weighted by atomic mass is 16.6. The van der Waals surface area contributed by atoms with E-state index in [2.05, 4.69) is 21.4 Å². The lowest BCUT2D eigenvalue weighted by atomic mass is 10.2. The van der Waals surface area contributed by atoms with Crippen molar-refractivity contribution in [1.29, 1.82) is 5.26 Å². The largest absolute Gasteiger partial charge is 0.486 e. The molecule has 0 unspecified atom stereocenters. The molecule has 0 amide bonds. The molecular formula is C16H12N4O2. The highest BCUT2D eigenvalue weighted by molar-refractivity contribution is 5.82. The second-order valence-corrected chi connectivity index (χ2v) is 4.92. The van der Waals surface area contributed by atoms with Crippen LogP contribution in [0, 0.1) is 11.3 Å². The van der Waals surface area contributed by atoms with Crippen LogP contribution in [0.15, 0.2) is 36.4 Å². The molecule has 0 fully saturated rings. The van der Waals surface area contributed by atoms with Crippen molar-refractivity contribution in [3.63, 3.8) is 0 Å². The summed E-state index contributed by atoms with van der Waals surface area (Å²) in [5.74, 6) is 2.04. The summed E-state index contributed by atoms with van der Waals surface area (Å²) in [7, 11) is 0. The van der Waals surface area contributed by atoms with Crippen LogP contribution in [-0.2, 0) is 0 Å². The van der Waals surface area contributed by atoms with Gasteiger partial charge in [0, 0.05) is 17.8 Å². The van der Waals surface area contributed by atoms with Gasteiger partial charge >= 0.3 is 0 Å². The molecule has 2 aromatic carbocycles. The molecule has 1 aromatic heterocycles. The SMILES string of the molecule is N#Cc1cccc(Nc2nc3cc4c(cc3[nH]2)OCCO4)c1. The Morgan fingerprint density at radius 3 is 2.77 bits per heavy atom. The lowest BCUT2D eigenvalue weighted by Gasteiger charge is -2.17. The molecule has 0 atom stereocenters. The third kappa shape index (κ3) is 2.19. The Morgan fingerprint density at radius 1 is 1.14 bits per heavy atom. The summed E-state index contributed by atoms with van der Waals surface area (Å²) in [5, 5.41) is 12.1. The Bertz CT molecular complexity index is 852. The van der Waals surface area contributed by atoms with Gasteiger partial charge < -0.3 is 19.8 Å². The highest BCUT2D eigenvalue weighted by Gasteiger charge is 2.14. The predicted molar refractivity (Wildman–Crippen MR) is 81.5 cm³/mol. The minimum Gasteiger partial charge on any atom is -0.486 e. The van der Waals surface area contributed by atoms with Crippen molar-refractivity contribution in [3.05, 3.63) is 42.0 Å². The minimum atomic E-state index is 0.551. The van der Waals surface area contributed by atoms with Crippen molar-refractivity contribution in [2.75, 3.05) is 18.5 Å².